The number of benzene rings is 3. The molecule has 3 rings (SSSR count). The van der Waals surface area contributed by atoms with Gasteiger partial charge in [0.15, 0.2) is 0 Å². The number of fused-ring (bicyclic) bond motifs is 1. The Morgan fingerprint density at radius 2 is 1.48 bits per heavy atom. The van der Waals surface area contributed by atoms with Crippen LogP contribution in [0.4, 0.5) is 4.39 Å². The van der Waals surface area contributed by atoms with Gasteiger partial charge in [-0.15, -0.1) is 0 Å². The first-order valence-electron chi connectivity index (χ1n) is 7.03. The Kier molecular flexibility index (Phi) is 3.26. The van der Waals surface area contributed by atoms with Gasteiger partial charge in [-0.2, -0.15) is 0 Å². The van der Waals surface area contributed by atoms with Gasteiger partial charge in [-0.25, -0.2) is 4.39 Å². The highest BCUT2D eigenvalue weighted by molar-refractivity contribution is 5.83. The van der Waals surface area contributed by atoms with Gasteiger partial charge in [0.1, 0.15) is 5.82 Å². The Hall–Kier alpha value is -2.19. The lowest BCUT2D eigenvalue weighted by Crippen LogP contribution is -2.34. The van der Waals surface area contributed by atoms with Crippen molar-refractivity contribution in [3.05, 3.63) is 83.2 Å². The minimum Gasteiger partial charge on any atom is -0.318 e. The van der Waals surface area contributed by atoms with E-state index >= 15 is 0 Å². The summed E-state index contributed by atoms with van der Waals surface area (Å²) in [5.41, 5.74) is 8.17. The van der Waals surface area contributed by atoms with Crippen molar-refractivity contribution in [2.45, 2.75) is 19.4 Å². The summed E-state index contributed by atoms with van der Waals surface area (Å²) in [4.78, 5) is 0. The number of hydrogen-bond donors (Lipinski definition) is 1. The second-order valence-corrected chi connectivity index (χ2v) is 5.73. The van der Waals surface area contributed by atoms with Crippen molar-refractivity contribution in [2.75, 3.05) is 0 Å². The molecule has 106 valence electrons. The molecule has 21 heavy (non-hydrogen) atoms. The van der Waals surface area contributed by atoms with Crippen LogP contribution in [0, 0.1) is 12.7 Å². The Morgan fingerprint density at radius 1 is 0.857 bits per heavy atom. The van der Waals surface area contributed by atoms with Crippen LogP contribution in [0.15, 0.2) is 60.7 Å². The molecule has 2 heteroatoms. The van der Waals surface area contributed by atoms with Gasteiger partial charge in [0.05, 0.1) is 5.54 Å². The third kappa shape index (κ3) is 2.43. The molecule has 2 N–H and O–H groups in total. The fourth-order valence-corrected chi connectivity index (χ4v) is 2.59. The lowest BCUT2D eigenvalue weighted by atomic mass is 9.84. The van der Waals surface area contributed by atoms with E-state index in [0.29, 0.717) is 5.56 Å². The minimum atomic E-state index is -0.724. The quantitative estimate of drug-likeness (QED) is 0.734. The van der Waals surface area contributed by atoms with Crippen molar-refractivity contribution in [3.63, 3.8) is 0 Å². The molecule has 1 nitrogen and oxygen atoms in total. The van der Waals surface area contributed by atoms with Crippen molar-refractivity contribution in [3.8, 4) is 0 Å². The zero-order valence-electron chi connectivity index (χ0n) is 12.2. The maximum Gasteiger partial charge on any atom is 0.126 e. The highest BCUT2D eigenvalue weighted by atomic mass is 19.1. The molecule has 0 bridgehead atoms. The molecule has 0 saturated carbocycles. The van der Waals surface area contributed by atoms with Gasteiger partial charge in [-0.05, 0) is 53.4 Å². The van der Waals surface area contributed by atoms with Gasteiger partial charge >= 0.3 is 0 Å². The SMILES string of the molecule is Cc1ccc(C(C)(N)c2ccc3ccccc3c2)cc1F. The van der Waals surface area contributed by atoms with Gasteiger partial charge in [0.2, 0.25) is 0 Å². The zero-order valence-corrected chi connectivity index (χ0v) is 12.2. The standard InChI is InChI=1S/C19H18FN/c1-13-7-9-17(12-18(13)20)19(2,21)16-10-8-14-5-3-4-6-15(14)11-16/h3-12H,21H2,1-2H3. The first-order chi connectivity index (χ1) is 9.98. The molecule has 3 aromatic carbocycles. The Morgan fingerprint density at radius 3 is 2.19 bits per heavy atom. The highest BCUT2D eigenvalue weighted by Gasteiger charge is 2.24. The van der Waals surface area contributed by atoms with E-state index < -0.39 is 5.54 Å². The number of rotatable bonds is 2. The van der Waals surface area contributed by atoms with Crippen LogP contribution in [0.5, 0.6) is 0 Å². The van der Waals surface area contributed by atoms with Crippen molar-refractivity contribution < 1.29 is 4.39 Å². The summed E-state index contributed by atoms with van der Waals surface area (Å²) in [5, 5.41) is 2.31. The smallest absolute Gasteiger partial charge is 0.126 e. The van der Waals surface area contributed by atoms with Gasteiger partial charge in [-0.1, -0.05) is 48.5 Å². The molecular weight excluding hydrogens is 261 g/mol. The van der Waals surface area contributed by atoms with Crippen LogP contribution in [0.3, 0.4) is 0 Å². The zero-order chi connectivity index (χ0) is 15.0. The second kappa shape index (κ2) is 4.97. The van der Waals surface area contributed by atoms with E-state index in [9.17, 15) is 4.39 Å². The molecule has 0 aromatic heterocycles. The molecule has 0 radical (unpaired) electrons. The van der Waals surface area contributed by atoms with E-state index in [2.05, 4.69) is 24.3 Å². The summed E-state index contributed by atoms with van der Waals surface area (Å²) in [6.45, 7) is 3.67. The molecule has 0 saturated heterocycles. The summed E-state index contributed by atoms with van der Waals surface area (Å²) in [5.74, 6) is -0.218. The van der Waals surface area contributed by atoms with Crippen LogP contribution in [0.2, 0.25) is 0 Å². The normalized spacial score (nSPS) is 14.1. The molecule has 0 amide bonds. The first kappa shape index (κ1) is 13.8. The molecule has 0 heterocycles. The van der Waals surface area contributed by atoms with E-state index in [1.807, 2.05) is 31.2 Å². The van der Waals surface area contributed by atoms with Gasteiger partial charge in [0, 0.05) is 0 Å². The monoisotopic (exact) mass is 279 g/mol. The number of halogens is 1. The molecule has 0 aliphatic heterocycles. The molecule has 0 aliphatic rings. The van der Waals surface area contributed by atoms with E-state index in [1.54, 1.807) is 13.0 Å². The maximum atomic E-state index is 13.8. The van der Waals surface area contributed by atoms with Crippen LogP contribution in [0.25, 0.3) is 10.8 Å². The van der Waals surface area contributed by atoms with Crippen molar-refractivity contribution in [2.24, 2.45) is 5.73 Å². The van der Waals surface area contributed by atoms with E-state index in [-0.39, 0.29) is 5.82 Å². The Bertz CT molecular complexity index is 806. The van der Waals surface area contributed by atoms with Crippen molar-refractivity contribution >= 4 is 10.8 Å². The highest BCUT2D eigenvalue weighted by Crippen LogP contribution is 2.30. The fraction of sp³-hybridized carbons (Fsp3) is 0.158. The van der Waals surface area contributed by atoms with Crippen molar-refractivity contribution in [1.29, 1.82) is 0 Å². The van der Waals surface area contributed by atoms with E-state index in [4.69, 9.17) is 5.73 Å². The van der Waals surface area contributed by atoms with E-state index in [0.717, 1.165) is 16.5 Å². The molecule has 1 atom stereocenters. The summed E-state index contributed by atoms with van der Waals surface area (Å²) < 4.78 is 13.8. The van der Waals surface area contributed by atoms with Crippen LogP contribution >= 0.6 is 0 Å². The van der Waals surface area contributed by atoms with Crippen molar-refractivity contribution in [1.82, 2.24) is 0 Å². The molecular formula is C19H18FN. The van der Waals surface area contributed by atoms with Crippen LogP contribution in [-0.4, -0.2) is 0 Å². The lowest BCUT2D eigenvalue weighted by molar-refractivity contribution is 0.578. The average Bonchev–Trinajstić information content (AvgIpc) is 2.49. The molecule has 1 unspecified atom stereocenters. The largest absolute Gasteiger partial charge is 0.318 e. The van der Waals surface area contributed by atoms with Gasteiger partial charge < -0.3 is 5.73 Å². The minimum absolute atomic E-state index is 0.218. The van der Waals surface area contributed by atoms with Gasteiger partial charge in [-0.3, -0.25) is 0 Å². The third-order valence-electron chi connectivity index (χ3n) is 4.12. The summed E-state index contributed by atoms with van der Waals surface area (Å²) in [6.07, 6.45) is 0. The topological polar surface area (TPSA) is 26.0 Å². The fourth-order valence-electron chi connectivity index (χ4n) is 2.59. The Labute approximate surface area is 124 Å². The third-order valence-corrected chi connectivity index (χ3v) is 4.12. The summed E-state index contributed by atoms with van der Waals surface area (Å²) in [7, 11) is 0. The Balaban J connectivity index is 2.12. The molecule has 0 aliphatic carbocycles. The lowest BCUT2D eigenvalue weighted by Gasteiger charge is -2.26. The van der Waals surface area contributed by atoms with Crippen LogP contribution in [-0.2, 0) is 5.54 Å². The first-order valence-corrected chi connectivity index (χ1v) is 7.03. The molecule has 3 aromatic rings. The van der Waals surface area contributed by atoms with E-state index in [1.165, 1.54) is 11.5 Å². The predicted molar refractivity (Wildman–Crippen MR) is 85.7 cm³/mol. The number of hydrogen-bond acceptors (Lipinski definition) is 1. The second-order valence-electron chi connectivity index (χ2n) is 5.73. The maximum absolute atomic E-state index is 13.8. The number of nitrogens with two attached hydrogens (primary N) is 1. The molecule has 0 fully saturated rings. The van der Waals surface area contributed by atoms with Crippen LogP contribution < -0.4 is 5.73 Å². The summed E-state index contributed by atoms with van der Waals surface area (Å²) in [6, 6.07) is 19.5. The number of aryl methyl sites for hydroxylation is 1. The van der Waals surface area contributed by atoms with Crippen LogP contribution in [0.1, 0.15) is 23.6 Å². The predicted octanol–water partition coefficient (Wildman–Crippen LogP) is 4.51. The average molecular weight is 279 g/mol. The van der Waals surface area contributed by atoms with Gasteiger partial charge in [0.25, 0.3) is 0 Å². The summed E-state index contributed by atoms with van der Waals surface area (Å²) >= 11 is 0. The molecule has 0 spiro atoms.